The Balaban J connectivity index is 2.22. The van der Waals surface area contributed by atoms with Crippen molar-refractivity contribution in [2.75, 3.05) is 23.7 Å². The van der Waals surface area contributed by atoms with Crippen LogP contribution in [0.5, 0.6) is 0 Å². The van der Waals surface area contributed by atoms with Gasteiger partial charge in [-0.2, -0.15) is 0 Å². The van der Waals surface area contributed by atoms with Gasteiger partial charge in [0.05, 0.1) is 6.10 Å². The lowest BCUT2D eigenvalue weighted by Gasteiger charge is -2.35. The second-order valence-electron chi connectivity index (χ2n) is 4.18. The van der Waals surface area contributed by atoms with Crippen molar-refractivity contribution in [3.63, 3.8) is 0 Å². The van der Waals surface area contributed by atoms with Gasteiger partial charge in [-0.15, -0.1) is 0 Å². The van der Waals surface area contributed by atoms with Crippen LogP contribution in [-0.2, 0) is 0 Å². The van der Waals surface area contributed by atoms with E-state index in [1.165, 1.54) is 6.33 Å². The fourth-order valence-electron chi connectivity index (χ4n) is 1.92. The summed E-state index contributed by atoms with van der Waals surface area (Å²) in [5, 5.41) is 10.0. The molecule has 1 aliphatic rings. The number of anilines is 2. The van der Waals surface area contributed by atoms with E-state index in [1.807, 2.05) is 11.8 Å². The Morgan fingerprint density at radius 2 is 2.31 bits per heavy atom. The molecule has 3 N–H and O–H groups in total. The van der Waals surface area contributed by atoms with E-state index in [9.17, 15) is 5.11 Å². The van der Waals surface area contributed by atoms with Gasteiger partial charge in [-0.1, -0.05) is 18.5 Å². The maximum absolute atomic E-state index is 9.65. The predicted molar refractivity (Wildman–Crippen MR) is 63.5 cm³/mol. The van der Waals surface area contributed by atoms with E-state index >= 15 is 0 Å². The number of hydrogen-bond donors (Lipinski definition) is 2. The molecule has 88 valence electrons. The maximum atomic E-state index is 9.65. The molecule has 1 fully saturated rings. The van der Waals surface area contributed by atoms with Crippen LogP contribution in [0, 0.1) is 5.92 Å². The molecule has 2 atom stereocenters. The normalized spacial score (nSPS) is 25.8. The van der Waals surface area contributed by atoms with E-state index in [0.29, 0.717) is 16.7 Å². The van der Waals surface area contributed by atoms with Crippen LogP contribution in [-0.4, -0.2) is 34.3 Å². The second-order valence-corrected chi connectivity index (χ2v) is 4.55. The van der Waals surface area contributed by atoms with Gasteiger partial charge in [0.2, 0.25) is 0 Å². The number of nitrogens with two attached hydrogens (primary N) is 1. The van der Waals surface area contributed by atoms with Gasteiger partial charge in [0.15, 0.2) is 5.82 Å². The summed E-state index contributed by atoms with van der Waals surface area (Å²) in [6.45, 7) is 3.48. The molecule has 0 aromatic carbocycles. The Kier molecular flexibility index (Phi) is 3.16. The molecule has 2 heterocycles. The molecule has 0 radical (unpaired) electrons. The van der Waals surface area contributed by atoms with Crippen LogP contribution in [0.2, 0.25) is 5.02 Å². The molecule has 0 saturated carbocycles. The van der Waals surface area contributed by atoms with Crippen molar-refractivity contribution < 1.29 is 5.11 Å². The minimum Gasteiger partial charge on any atom is -0.393 e. The number of hydrogen-bond acceptors (Lipinski definition) is 5. The topological polar surface area (TPSA) is 75.3 Å². The first-order chi connectivity index (χ1) is 7.59. The highest BCUT2D eigenvalue weighted by molar-refractivity contribution is 6.35. The number of nitrogen functional groups attached to an aromatic ring is 1. The fraction of sp³-hybridized carbons (Fsp3) is 0.600. The molecule has 0 aliphatic carbocycles. The summed E-state index contributed by atoms with van der Waals surface area (Å²) in [7, 11) is 0. The lowest BCUT2D eigenvalue weighted by atomic mass is 9.97. The van der Waals surface area contributed by atoms with Gasteiger partial charge in [0.25, 0.3) is 0 Å². The van der Waals surface area contributed by atoms with Crippen LogP contribution in [0.15, 0.2) is 6.33 Å². The van der Waals surface area contributed by atoms with Crippen LogP contribution >= 0.6 is 11.6 Å². The van der Waals surface area contributed by atoms with Gasteiger partial charge < -0.3 is 15.7 Å². The fourth-order valence-corrected chi connectivity index (χ4v) is 2.14. The second kappa shape index (κ2) is 4.43. The van der Waals surface area contributed by atoms with Crippen molar-refractivity contribution in [3.05, 3.63) is 11.3 Å². The molecule has 1 aromatic heterocycles. The average Bonchev–Trinajstić information content (AvgIpc) is 2.26. The van der Waals surface area contributed by atoms with Crippen LogP contribution in [0.4, 0.5) is 11.6 Å². The molecule has 0 bridgehead atoms. The number of piperidine rings is 1. The Morgan fingerprint density at radius 3 is 3.00 bits per heavy atom. The van der Waals surface area contributed by atoms with Crippen LogP contribution < -0.4 is 10.6 Å². The molecule has 2 unspecified atom stereocenters. The largest absolute Gasteiger partial charge is 0.393 e. The lowest BCUT2D eigenvalue weighted by Crippen LogP contribution is -2.42. The van der Waals surface area contributed by atoms with E-state index in [2.05, 4.69) is 9.97 Å². The van der Waals surface area contributed by atoms with Crippen molar-refractivity contribution in [1.29, 1.82) is 0 Å². The number of nitrogens with zero attached hydrogens (tertiary/aromatic N) is 3. The van der Waals surface area contributed by atoms with E-state index in [0.717, 1.165) is 19.5 Å². The average molecular weight is 243 g/mol. The number of aliphatic hydroxyl groups excluding tert-OH is 1. The maximum Gasteiger partial charge on any atom is 0.153 e. The van der Waals surface area contributed by atoms with E-state index < -0.39 is 0 Å². The minimum atomic E-state index is -0.241. The van der Waals surface area contributed by atoms with Crippen molar-refractivity contribution in [2.24, 2.45) is 5.92 Å². The third kappa shape index (κ3) is 2.05. The molecule has 16 heavy (non-hydrogen) atoms. The smallest absolute Gasteiger partial charge is 0.153 e. The molecule has 0 spiro atoms. The number of aromatic nitrogens is 2. The summed E-state index contributed by atoms with van der Waals surface area (Å²) < 4.78 is 0. The van der Waals surface area contributed by atoms with Gasteiger partial charge in [0, 0.05) is 13.1 Å². The number of rotatable bonds is 1. The zero-order valence-electron chi connectivity index (χ0n) is 9.10. The zero-order chi connectivity index (χ0) is 11.7. The molecule has 5 nitrogen and oxygen atoms in total. The highest BCUT2D eigenvalue weighted by Gasteiger charge is 2.26. The van der Waals surface area contributed by atoms with Crippen molar-refractivity contribution >= 4 is 23.2 Å². The van der Waals surface area contributed by atoms with E-state index in [-0.39, 0.29) is 12.0 Å². The van der Waals surface area contributed by atoms with Gasteiger partial charge in [0.1, 0.15) is 17.2 Å². The van der Waals surface area contributed by atoms with Crippen LogP contribution in [0.1, 0.15) is 13.3 Å². The number of aliphatic hydroxyl groups is 1. The van der Waals surface area contributed by atoms with Crippen molar-refractivity contribution in [3.8, 4) is 0 Å². The highest BCUT2D eigenvalue weighted by Crippen LogP contribution is 2.30. The molecule has 1 aliphatic heterocycles. The Morgan fingerprint density at radius 1 is 1.56 bits per heavy atom. The monoisotopic (exact) mass is 242 g/mol. The van der Waals surface area contributed by atoms with Crippen molar-refractivity contribution in [1.82, 2.24) is 9.97 Å². The molecule has 1 aromatic rings. The van der Waals surface area contributed by atoms with E-state index in [4.69, 9.17) is 17.3 Å². The molecule has 2 rings (SSSR count). The third-order valence-corrected chi connectivity index (χ3v) is 3.32. The summed E-state index contributed by atoms with van der Waals surface area (Å²) >= 11 is 6.06. The Labute approximate surface area is 99.3 Å². The first-order valence-electron chi connectivity index (χ1n) is 5.28. The SMILES string of the molecule is CC1CN(c2ncnc(N)c2Cl)CCC1O. The minimum absolute atomic E-state index is 0.209. The summed E-state index contributed by atoms with van der Waals surface area (Å²) in [5.41, 5.74) is 5.63. The summed E-state index contributed by atoms with van der Waals surface area (Å²) in [6, 6.07) is 0. The quantitative estimate of drug-likeness (QED) is 0.766. The highest BCUT2D eigenvalue weighted by atomic mass is 35.5. The number of halogens is 1. The van der Waals surface area contributed by atoms with Crippen LogP contribution in [0.25, 0.3) is 0 Å². The van der Waals surface area contributed by atoms with Gasteiger partial charge in [-0.3, -0.25) is 0 Å². The van der Waals surface area contributed by atoms with Gasteiger partial charge in [-0.25, -0.2) is 9.97 Å². The Hall–Kier alpha value is -1.07. The molecule has 1 saturated heterocycles. The van der Waals surface area contributed by atoms with Crippen LogP contribution in [0.3, 0.4) is 0 Å². The zero-order valence-corrected chi connectivity index (χ0v) is 9.85. The third-order valence-electron chi connectivity index (χ3n) is 2.96. The summed E-state index contributed by atoms with van der Waals surface area (Å²) in [4.78, 5) is 10.0. The van der Waals surface area contributed by atoms with Gasteiger partial charge in [-0.05, 0) is 12.3 Å². The standard InChI is InChI=1S/C10H15ClN4O/c1-6-4-15(3-2-7(6)16)10-8(11)9(12)13-5-14-10/h5-7,16H,2-4H2,1H3,(H2,12,13,14). The first kappa shape index (κ1) is 11.4. The van der Waals surface area contributed by atoms with Gasteiger partial charge >= 0.3 is 0 Å². The first-order valence-corrected chi connectivity index (χ1v) is 5.66. The predicted octanol–water partition coefficient (Wildman–Crippen LogP) is 0.919. The molecule has 0 amide bonds. The summed E-state index contributed by atoms with van der Waals surface area (Å²) in [6.07, 6.45) is 1.89. The molecular formula is C10H15ClN4O. The Bertz CT molecular complexity index is 387. The van der Waals surface area contributed by atoms with E-state index in [1.54, 1.807) is 0 Å². The van der Waals surface area contributed by atoms with Crippen molar-refractivity contribution in [2.45, 2.75) is 19.4 Å². The molecule has 6 heteroatoms. The summed E-state index contributed by atoms with van der Waals surface area (Å²) in [5.74, 6) is 1.17. The lowest BCUT2D eigenvalue weighted by molar-refractivity contribution is 0.0969. The molecular weight excluding hydrogens is 228 g/mol.